The number of urea groups is 1. The quantitative estimate of drug-likeness (QED) is 0.564. The number of rotatable bonds is 8. The summed E-state index contributed by atoms with van der Waals surface area (Å²) in [5.41, 5.74) is 5.61. The molecule has 0 bridgehead atoms. The molecule has 1 atom stereocenters. The molecule has 1 fully saturated rings. The van der Waals surface area contributed by atoms with Gasteiger partial charge < -0.3 is 25.8 Å². The molecule has 9 heteroatoms. The lowest BCUT2D eigenvalue weighted by atomic mass is 9.93. The number of amides is 3. The zero-order valence-corrected chi connectivity index (χ0v) is 17.1. The third-order valence-electron chi connectivity index (χ3n) is 4.82. The monoisotopic (exact) mass is 406 g/mol. The fraction of sp³-hybridized carbons (Fsp3) is 0.600. The highest BCUT2D eigenvalue weighted by Gasteiger charge is 2.27. The Labute approximate surface area is 170 Å². The lowest BCUT2D eigenvalue weighted by molar-refractivity contribution is -0.143. The largest absolute Gasteiger partial charge is 0.474 e. The number of carbonyl (C=O) groups is 3. The van der Waals surface area contributed by atoms with Crippen LogP contribution in [0, 0.1) is 5.92 Å². The van der Waals surface area contributed by atoms with Crippen molar-refractivity contribution in [2.75, 3.05) is 7.11 Å². The van der Waals surface area contributed by atoms with Gasteiger partial charge in [-0.15, -0.1) is 0 Å². The molecule has 1 aliphatic rings. The Morgan fingerprint density at radius 2 is 1.93 bits per heavy atom. The second-order valence-electron chi connectivity index (χ2n) is 7.63. The highest BCUT2D eigenvalue weighted by molar-refractivity contribution is 5.94. The van der Waals surface area contributed by atoms with E-state index in [-0.39, 0.29) is 35.5 Å². The van der Waals surface area contributed by atoms with E-state index in [0.29, 0.717) is 32.1 Å². The average molecular weight is 406 g/mol. The topological polar surface area (TPSA) is 133 Å². The zero-order chi connectivity index (χ0) is 21.4. The van der Waals surface area contributed by atoms with Crippen LogP contribution < -0.4 is 21.1 Å². The van der Waals surface area contributed by atoms with Crippen LogP contribution in [0.4, 0.5) is 4.79 Å². The standard InChI is InChI=1S/C20H30N4O5/c1-12(2)11-16(19(26)28-3)24-20(27)23-13-6-8-14(9-7-13)29-18-15(17(21)25)5-4-10-22-18/h4-5,10,12-14,16H,6-9,11H2,1-3H3,(H2,21,25)(H2,23,24,27)/t13-,14-,16-/m0/s1. The van der Waals surface area contributed by atoms with Crippen LogP contribution in [0.2, 0.25) is 0 Å². The van der Waals surface area contributed by atoms with Crippen molar-refractivity contribution >= 4 is 17.9 Å². The van der Waals surface area contributed by atoms with Crippen LogP contribution in [0.3, 0.4) is 0 Å². The third-order valence-corrected chi connectivity index (χ3v) is 4.82. The third kappa shape index (κ3) is 6.92. The molecular weight excluding hydrogens is 376 g/mol. The van der Waals surface area contributed by atoms with Gasteiger partial charge in [0.15, 0.2) is 0 Å². The Morgan fingerprint density at radius 3 is 2.52 bits per heavy atom. The highest BCUT2D eigenvalue weighted by atomic mass is 16.5. The molecule has 4 N–H and O–H groups in total. The summed E-state index contributed by atoms with van der Waals surface area (Å²) < 4.78 is 10.6. The Kier molecular flexibility index (Phi) is 8.23. The van der Waals surface area contributed by atoms with Crippen LogP contribution in [-0.4, -0.2) is 48.2 Å². The Bertz CT molecular complexity index is 717. The van der Waals surface area contributed by atoms with E-state index in [1.807, 2.05) is 13.8 Å². The van der Waals surface area contributed by atoms with Crippen LogP contribution >= 0.6 is 0 Å². The lowest BCUT2D eigenvalue weighted by Crippen LogP contribution is -2.50. The van der Waals surface area contributed by atoms with E-state index in [1.54, 1.807) is 18.3 Å². The van der Waals surface area contributed by atoms with Gasteiger partial charge in [-0.2, -0.15) is 0 Å². The minimum Gasteiger partial charge on any atom is -0.474 e. The average Bonchev–Trinajstić information content (AvgIpc) is 2.68. The summed E-state index contributed by atoms with van der Waals surface area (Å²) >= 11 is 0. The van der Waals surface area contributed by atoms with Crippen molar-refractivity contribution in [3.05, 3.63) is 23.9 Å². The molecule has 160 valence electrons. The first-order chi connectivity index (χ1) is 13.8. The molecule has 0 saturated heterocycles. The Balaban J connectivity index is 1.82. The molecule has 2 rings (SSSR count). The van der Waals surface area contributed by atoms with Gasteiger partial charge >= 0.3 is 12.0 Å². The van der Waals surface area contributed by atoms with E-state index in [0.717, 1.165) is 0 Å². The number of hydrogen-bond donors (Lipinski definition) is 3. The minimum absolute atomic E-state index is 0.0217. The normalized spacial score (nSPS) is 19.9. The van der Waals surface area contributed by atoms with Gasteiger partial charge in [-0.3, -0.25) is 4.79 Å². The van der Waals surface area contributed by atoms with Crippen molar-refractivity contribution in [2.45, 2.75) is 64.1 Å². The van der Waals surface area contributed by atoms with Gasteiger partial charge in [0.25, 0.3) is 5.91 Å². The molecule has 1 saturated carbocycles. The molecular formula is C20H30N4O5. The number of pyridine rings is 1. The molecule has 1 aliphatic carbocycles. The molecule has 3 amide bonds. The van der Waals surface area contributed by atoms with Crippen LogP contribution in [-0.2, 0) is 9.53 Å². The second-order valence-corrected chi connectivity index (χ2v) is 7.63. The fourth-order valence-corrected chi connectivity index (χ4v) is 3.37. The zero-order valence-electron chi connectivity index (χ0n) is 17.1. The predicted molar refractivity (Wildman–Crippen MR) is 106 cm³/mol. The summed E-state index contributed by atoms with van der Waals surface area (Å²) in [6.07, 6.45) is 4.78. The number of primary amides is 1. The molecule has 0 unspecified atom stereocenters. The number of esters is 1. The first-order valence-electron chi connectivity index (χ1n) is 9.86. The minimum atomic E-state index is -0.670. The smallest absolute Gasteiger partial charge is 0.328 e. The first-order valence-corrected chi connectivity index (χ1v) is 9.86. The fourth-order valence-electron chi connectivity index (χ4n) is 3.37. The van der Waals surface area contributed by atoms with E-state index in [4.69, 9.17) is 15.2 Å². The number of nitrogens with zero attached hydrogens (tertiary/aromatic N) is 1. The van der Waals surface area contributed by atoms with Crippen molar-refractivity contribution in [3.8, 4) is 5.88 Å². The molecule has 1 heterocycles. The van der Waals surface area contributed by atoms with Crippen molar-refractivity contribution in [2.24, 2.45) is 11.7 Å². The number of carbonyl (C=O) groups excluding carboxylic acids is 3. The van der Waals surface area contributed by atoms with Crippen molar-refractivity contribution in [3.63, 3.8) is 0 Å². The summed E-state index contributed by atoms with van der Waals surface area (Å²) in [5.74, 6) is -0.555. The number of nitrogens with one attached hydrogen (secondary N) is 2. The van der Waals surface area contributed by atoms with Gasteiger partial charge in [-0.1, -0.05) is 13.8 Å². The lowest BCUT2D eigenvalue weighted by Gasteiger charge is -2.30. The number of nitrogens with two attached hydrogens (primary N) is 1. The predicted octanol–water partition coefficient (Wildman–Crippen LogP) is 1.76. The second kappa shape index (κ2) is 10.6. The van der Waals surface area contributed by atoms with Gasteiger partial charge in [0.2, 0.25) is 5.88 Å². The van der Waals surface area contributed by atoms with Crippen molar-refractivity contribution in [1.29, 1.82) is 0 Å². The van der Waals surface area contributed by atoms with Crippen LogP contribution in [0.1, 0.15) is 56.3 Å². The summed E-state index contributed by atoms with van der Waals surface area (Å²) in [4.78, 5) is 39.7. The van der Waals surface area contributed by atoms with Gasteiger partial charge in [0.05, 0.1) is 7.11 Å². The molecule has 0 aromatic carbocycles. The summed E-state index contributed by atoms with van der Waals surface area (Å²) in [7, 11) is 1.31. The summed E-state index contributed by atoms with van der Waals surface area (Å²) in [6.45, 7) is 3.95. The molecule has 1 aromatic heterocycles. The van der Waals surface area contributed by atoms with Crippen molar-refractivity contribution < 1.29 is 23.9 Å². The van der Waals surface area contributed by atoms with Gasteiger partial charge in [0.1, 0.15) is 17.7 Å². The number of aromatic nitrogens is 1. The van der Waals surface area contributed by atoms with Crippen molar-refractivity contribution in [1.82, 2.24) is 15.6 Å². The van der Waals surface area contributed by atoms with E-state index >= 15 is 0 Å². The molecule has 0 spiro atoms. The van der Waals surface area contributed by atoms with E-state index in [9.17, 15) is 14.4 Å². The van der Waals surface area contributed by atoms with E-state index < -0.39 is 17.9 Å². The molecule has 0 radical (unpaired) electrons. The van der Waals surface area contributed by atoms with E-state index in [2.05, 4.69) is 15.6 Å². The van der Waals surface area contributed by atoms with Gasteiger partial charge in [-0.05, 0) is 50.2 Å². The van der Waals surface area contributed by atoms with Crippen LogP contribution in [0.25, 0.3) is 0 Å². The van der Waals surface area contributed by atoms with Gasteiger partial charge in [-0.25, -0.2) is 14.6 Å². The highest BCUT2D eigenvalue weighted by Crippen LogP contribution is 2.24. The Morgan fingerprint density at radius 1 is 1.24 bits per heavy atom. The molecule has 0 aliphatic heterocycles. The SMILES string of the molecule is COC(=O)[C@H](CC(C)C)NC(=O)N[C@H]1CC[C@H](Oc2ncccc2C(N)=O)CC1. The summed E-state index contributed by atoms with van der Waals surface area (Å²) in [5, 5.41) is 5.61. The first kappa shape index (κ1) is 22.4. The number of methoxy groups -OCH3 is 1. The van der Waals surface area contributed by atoms with Crippen LogP contribution in [0.15, 0.2) is 18.3 Å². The maximum atomic E-state index is 12.3. The number of ether oxygens (including phenoxy) is 2. The molecule has 9 nitrogen and oxygen atoms in total. The van der Waals surface area contributed by atoms with Crippen LogP contribution in [0.5, 0.6) is 5.88 Å². The Hall–Kier alpha value is -2.84. The maximum Gasteiger partial charge on any atom is 0.328 e. The molecule has 1 aromatic rings. The number of hydrogen-bond acceptors (Lipinski definition) is 6. The summed E-state index contributed by atoms with van der Waals surface area (Å²) in [6, 6.07) is 2.14. The molecule has 29 heavy (non-hydrogen) atoms. The van der Waals surface area contributed by atoms with E-state index in [1.165, 1.54) is 7.11 Å². The van der Waals surface area contributed by atoms with Gasteiger partial charge in [0, 0.05) is 12.2 Å². The maximum absolute atomic E-state index is 12.3.